The van der Waals surface area contributed by atoms with Gasteiger partial charge in [-0.25, -0.2) is 9.07 Å². The molecule has 3 rings (SSSR count). The van der Waals surface area contributed by atoms with Gasteiger partial charge in [0.25, 0.3) is 5.56 Å². The van der Waals surface area contributed by atoms with E-state index < -0.39 is 0 Å². The molecule has 1 saturated heterocycles. The molecule has 1 unspecified atom stereocenters. The number of carbonyl (C=O) groups is 1. The zero-order valence-corrected chi connectivity index (χ0v) is 13.4. The Bertz CT molecular complexity index is 788. The summed E-state index contributed by atoms with van der Waals surface area (Å²) in [6, 6.07) is 7.60. The molecular formula is C17H19FN4O2. The minimum atomic E-state index is -0.292. The highest BCUT2D eigenvalue weighted by molar-refractivity contribution is 5.80. The topological polar surface area (TPSA) is 67.2 Å². The predicted octanol–water partition coefficient (Wildman–Crippen LogP) is 1.06. The van der Waals surface area contributed by atoms with Crippen LogP contribution in [0.3, 0.4) is 0 Å². The third kappa shape index (κ3) is 3.61. The first kappa shape index (κ1) is 16.2. The first-order valence-electron chi connectivity index (χ1n) is 7.83. The molecule has 0 radical (unpaired) electrons. The molecule has 0 bridgehead atoms. The van der Waals surface area contributed by atoms with Crippen LogP contribution in [0.2, 0.25) is 0 Å². The summed E-state index contributed by atoms with van der Waals surface area (Å²) < 4.78 is 14.1. The van der Waals surface area contributed by atoms with E-state index in [9.17, 15) is 14.0 Å². The van der Waals surface area contributed by atoms with Crippen molar-refractivity contribution in [2.75, 3.05) is 18.0 Å². The van der Waals surface area contributed by atoms with Crippen LogP contribution in [-0.4, -0.2) is 28.8 Å². The molecule has 2 heterocycles. The summed E-state index contributed by atoms with van der Waals surface area (Å²) in [5.41, 5.74) is 1.43. The number of aryl methyl sites for hydroxylation is 1. The maximum absolute atomic E-state index is 12.9. The molecule has 24 heavy (non-hydrogen) atoms. The highest BCUT2D eigenvalue weighted by atomic mass is 19.1. The SMILES string of the molecule is Cn1ncc(N2CCC(C(=O)NCc3ccc(F)cc3)C2)cc1=O. The maximum Gasteiger partial charge on any atom is 0.268 e. The van der Waals surface area contributed by atoms with Gasteiger partial charge in [0.15, 0.2) is 0 Å². The molecule has 126 valence electrons. The van der Waals surface area contributed by atoms with Crippen molar-refractivity contribution in [3.05, 3.63) is 58.3 Å². The second-order valence-electron chi connectivity index (χ2n) is 5.95. The van der Waals surface area contributed by atoms with Crippen molar-refractivity contribution in [1.29, 1.82) is 0 Å². The number of hydrogen-bond acceptors (Lipinski definition) is 4. The molecular weight excluding hydrogens is 311 g/mol. The Hall–Kier alpha value is -2.70. The van der Waals surface area contributed by atoms with Crippen LogP contribution in [0.4, 0.5) is 10.1 Å². The lowest BCUT2D eigenvalue weighted by Crippen LogP contribution is -2.32. The fourth-order valence-electron chi connectivity index (χ4n) is 2.78. The highest BCUT2D eigenvalue weighted by Crippen LogP contribution is 2.22. The smallest absolute Gasteiger partial charge is 0.268 e. The van der Waals surface area contributed by atoms with Crippen LogP contribution in [0.25, 0.3) is 0 Å². The van der Waals surface area contributed by atoms with E-state index in [4.69, 9.17) is 0 Å². The Morgan fingerprint density at radius 2 is 2.12 bits per heavy atom. The number of aromatic nitrogens is 2. The van der Waals surface area contributed by atoms with Gasteiger partial charge in [0, 0.05) is 32.7 Å². The lowest BCUT2D eigenvalue weighted by molar-refractivity contribution is -0.124. The van der Waals surface area contributed by atoms with Crippen molar-refractivity contribution in [2.45, 2.75) is 13.0 Å². The second kappa shape index (κ2) is 6.82. The number of carbonyl (C=O) groups excluding carboxylic acids is 1. The van der Waals surface area contributed by atoms with E-state index in [1.807, 2.05) is 4.90 Å². The van der Waals surface area contributed by atoms with Crippen LogP contribution < -0.4 is 15.8 Å². The number of benzene rings is 1. The van der Waals surface area contributed by atoms with Crippen molar-refractivity contribution in [3.63, 3.8) is 0 Å². The standard InChI is InChI=1S/C17H19FN4O2/c1-21-16(23)8-15(10-20-21)22-7-6-13(11-22)17(24)19-9-12-2-4-14(18)5-3-12/h2-5,8,10,13H,6-7,9,11H2,1H3,(H,19,24). The molecule has 1 aromatic heterocycles. The minimum absolute atomic E-state index is 0.0291. The number of amides is 1. The van der Waals surface area contributed by atoms with Crippen molar-refractivity contribution in [2.24, 2.45) is 13.0 Å². The average molecular weight is 330 g/mol. The quantitative estimate of drug-likeness (QED) is 0.910. The average Bonchev–Trinajstić information content (AvgIpc) is 3.07. The van der Waals surface area contributed by atoms with Gasteiger partial charge in [-0.2, -0.15) is 5.10 Å². The first-order valence-corrected chi connectivity index (χ1v) is 7.83. The normalized spacial score (nSPS) is 17.1. The van der Waals surface area contributed by atoms with Crippen LogP contribution in [0.5, 0.6) is 0 Å². The number of hydrogen-bond donors (Lipinski definition) is 1. The van der Waals surface area contributed by atoms with E-state index in [0.717, 1.165) is 17.7 Å². The van der Waals surface area contributed by atoms with Crippen LogP contribution in [0.1, 0.15) is 12.0 Å². The monoisotopic (exact) mass is 330 g/mol. The van der Waals surface area contributed by atoms with Crippen molar-refractivity contribution in [1.82, 2.24) is 15.1 Å². The summed E-state index contributed by atoms with van der Waals surface area (Å²) in [6.45, 7) is 1.65. The second-order valence-corrected chi connectivity index (χ2v) is 5.95. The summed E-state index contributed by atoms with van der Waals surface area (Å²) in [6.07, 6.45) is 2.37. The number of nitrogens with one attached hydrogen (secondary N) is 1. The molecule has 1 aromatic carbocycles. The van der Waals surface area contributed by atoms with Crippen LogP contribution in [0.15, 0.2) is 41.3 Å². The fraction of sp³-hybridized carbons (Fsp3) is 0.353. The molecule has 7 heteroatoms. The van der Waals surface area contributed by atoms with Gasteiger partial charge in [0.2, 0.25) is 5.91 Å². The third-order valence-corrected chi connectivity index (χ3v) is 4.26. The number of anilines is 1. The largest absolute Gasteiger partial charge is 0.369 e. The number of rotatable bonds is 4. The van der Waals surface area contributed by atoms with Gasteiger partial charge >= 0.3 is 0 Å². The van der Waals surface area contributed by atoms with Gasteiger partial charge in [0.05, 0.1) is 17.8 Å². The van der Waals surface area contributed by atoms with Gasteiger partial charge in [-0.15, -0.1) is 0 Å². The van der Waals surface area contributed by atoms with Gasteiger partial charge in [-0.3, -0.25) is 9.59 Å². The molecule has 1 aliphatic rings. The Morgan fingerprint density at radius 3 is 2.83 bits per heavy atom. The van der Waals surface area contributed by atoms with Crippen molar-refractivity contribution >= 4 is 11.6 Å². The fourth-order valence-corrected chi connectivity index (χ4v) is 2.78. The lowest BCUT2D eigenvalue weighted by atomic mass is 10.1. The van der Waals surface area contributed by atoms with E-state index in [1.165, 1.54) is 22.9 Å². The van der Waals surface area contributed by atoms with Gasteiger partial charge in [-0.1, -0.05) is 12.1 Å². The van der Waals surface area contributed by atoms with Gasteiger partial charge in [0.1, 0.15) is 5.82 Å². The Labute approximate surface area is 138 Å². The number of nitrogens with zero attached hydrogens (tertiary/aromatic N) is 3. The zero-order chi connectivity index (χ0) is 17.1. The van der Waals surface area contributed by atoms with Crippen LogP contribution in [0, 0.1) is 11.7 Å². The molecule has 1 N–H and O–H groups in total. The van der Waals surface area contributed by atoms with Crippen molar-refractivity contribution < 1.29 is 9.18 Å². The lowest BCUT2D eigenvalue weighted by Gasteiger charge is -2.18. The van der Waals surface area contributed by atoms with Crippen LogP contribution in [-0.2, 0) is 18.4 Å². The summed E-state index contributed by atoms with van der Waals surface area (Å²) in [4.78, 5) is 25.9. The Kier molecular flexibility index (Phi) is 4.59. The summed E-state index contributed by atoms with van der Waals surface area (Å²) in [5.74, 6) is -0.452. The number of halogens is 1. The molecule has 0 aliphatic carbocycles. The molecule has 6 nitrogen and oxygen atoms in total. The molecule has 2 aromatic rings. The third-order valence-electron chi connectivity index (χ3n) is 4.26. The van der Waals surface area contributed by atoms with Crippen LogP contribution >= 0.6 is 0 Å². The Balaban J connectivity index is 1.56. The van der Waals surface area contributed by atoms with E-state index in [2.05, 4.69) is 10.4 Å². The highest BCUT2D eigenvalue weighted by Gasteiger charge is 2.28. The summed E-state index contributed by atoms with van der Waals surface area (Å²) in [7, 11) is 1.60. The van der Waals surface area contributed by atoms with E-state index in [0.29, 0.717) is 19.6 Å². The molecule has 1 aliphatic heterocycles. The van der Waals surface area contributed by atoms with E-state index in [1.54, 1.807) is 25.4 Å². The predicted molar refractivity (Wildman–Crippen MR) is 88.0 cm³/mol. The Morgan fingerprint density at radius 1 is 1.38 bits per heavy atom. The summed E-state index contributed by atoms with van der Waals surface area (Å²) in [5, 5.41) is 6.89. The molecule has 1 atom stereocenters. The first-order chi connectivity index (χ1) is 11.5. The van der Waals surface area contributed by atoms with Crippen molar-refractivity contribution in [3.8, 4) is 0 Å². The molecule has 1 amide bonds. The van der Waals surface area contributed by atoms with E-state index in [-0.39, 0.29) is 23.2 Å². The molecule has 0 spiro atoms. The zero-order valence-electron chi connectivity index (χ0n) is 13.4. The van der Waals surface area contributed by atoms with E-state index >= 15 is 0 Å². The molecule has 0 saturated carbocycles. The minimum Gasteiger partial charge on any atom is -0.369 e. The molecule has 1 fully saturated rings. The van der Waals surface area contributed by atoms with Gasteiger partial charge < -0.3 is 10.2 Å². The summed E-state index contributed by atoms with van der Waals surface area (Å²) >= 11 is 0. The van der Waals surface area contributed by atoms with Gasteiger partial charge in [-0.05, 0) is 24.1 Å². The maximum atomic E-state index is 12.9.